The van der Waals surface area contributed by atoms with Crippen molar-refractivity contribution in [2.24, 2.45) is 5.73 Å². The van der Waals surface area contributed by atoms with Crippen molar-refractivity contribution in [1.82, 2.24) is 5.32 Å². The molecule has 1 aromatic heterocycles. The van der Waals surface area contributed by atoms with E-state index in [1.165, 1.54) is 11.3 Å². The molecule has 4 N–H and O–H groups in total. The van der Waals surface area contributed by atoms with E-state index in [0.29, 0.717) is 12.1 Å². The molecule has 0 aliphatic carbocycles. The smallest absolute Gasteiger partial charge is 0.249 e. The van der Waals surface area contributed by atoms with Crippen molar-refractivity contribution in [2.75, 3.05) is 0 Å². The molecule has 1 heterocycles. The van der Waals surface area contributed by atoms with Crippen molar-refractivity contribution in [2.45, 2.75) is 19.7 Å². The van der Waals surface area contributed by atoms with Gasteiger partial charge in [0.2, 0.25) is 5.91 Å². The van der Waals surface area contributed by atoms with E-state index in [0.717, 1.165) is 22.5 Å². The summed E-state index contributed by atoms with van der Waals surface area (Å²) < 4.78 is 0. The number of carbonyl (C=O) groups excluding carboxylic acids is 1. The first-order valence-electron chi connectivity index (χ1n) is 5.95. The molecule has 5 heteroatoms. The van der Waals surface area contributed by atoms with Crippen LogP contribution in [0.1, 0.15) is 26.4 Å². The van der Waals surface area contributed by atoms with E-state index in [4.69, 9.17) is 10.8 Å². The summed E-state index contributed by atoms with van der Waals surface area (Å²) in [4.78, 5) is 12.0. The van der Waals surface area contributed by atoms with Crippen molar-refractivity contribution in [1.29, 1.82) is 0 Å². The minimum atomic E-state index is -0.387. The van der Waals surface area contributed by atoms with Crippen molar-refractivity contribution in [3.63, 3.8) is 0 Å². The molecule has 0 radical (unpaired) electrons. The summed E-state index contributed by atoms with van der Waals surface area (Å²) in [5.74, 6) is -0.387. The number of carbonyl (C=O) groups is 1. The largest absolute Gasteiger partial charge is 0.392 e. The molecule has 1 aromatic carbocycles. The zero-order valence-corrected chi connectivity index (χ0v) is 11.2. The molecule has 19 heavy (non-hydrogen) atoms. The molecular formula is C14H16N2O2S. The van der Waals surface area contributed by atoms with Gasteiger partial charge in [0.1, 0.15) is 0 Å². The van der Waals surface area contributed by atoms with Crippen LogP contribution in [-0.2, 0) is 19.7 Å². The molecule has 0 saturated heterocycles. The van der Waals surface area contributed by atoms with E-state index in [-0.39, 0.29) is 12.5 Å². The SMILES string of the molecule is NC(=O)c1csc(CNCc2ccc(CO)cc2)c1. The standard InChI is InChI=1S/C14H16N2O2S/c15-14(18)12-5-13(19-9-12)7-16-6-10-1-3-11(8-17)4-2-10/h1-5,9,16-17H,6-8H2,(H2,15,18). The van der Waals surface area contributed by atoms with Gasteiger partial charge in [-0.25, -0.2) is 0 Å². The van der Waals surface area contributed by atoms with Crippen LogP contribution in [0.4, 0.5) is 0 Å². The zero-order chi connectivity index (χ0) is 13.7. The summed E-state index contributed by atoms with van der Waals surface area (Å²) in [5, 5.41) is 14.0. The Morgan fingerprint density at radius 2 is 1.89 bits per heavy atom. The van der Waals surface area contributed by atoms with Gasteiger partial charge in [0.05, 0.1) is 12.2 Å². The maximum absolute atomic E-state index is 11.0. The Labute approximate surface area is 115 Å². The molecule has 0 spiro atoms. The van der Waals surface area contributed by atoms with Gasteiger partial charge in [0.15, 0.2) is 0 Å². The molecule has 100 valence electrons. The number of nitrogens with two attached hydrogens (primary N) is 1. The van der Waals surface area contributed by atoms with Crippen LogP contribution in [0.25, 0.3) is 0 Å². The second kappa shape index (κ2) is 6.47. The fourth-order valence-corrected chi connectivity index (χ4v) is 2.54. The summed E-state index contributed by atoms with van der Waals surface area (Å²) in [7, 11) is 0. The van der Waals surface area contributed by atoms with Gasteiger partial charge >= 0.3 is 0 Å². The van der Waals surface area contributed by atoms with Crippen molar-refractivity contribution < 1.29 is 9.90 Å². The van der Waals surface area contributed by atoms with E-state index in [1.807, 2.05) is 30.3 Å². The molecule has 1 amide bonds. The highest BCUT2D eigenvalue weighted by Gasteiger charge is 2.04. The summed E-state index contributed by atoms with van der Waals surface area (Å²) in [5.41, 5.74) is 7.83. The number of amides is 1. The number of nitrogens with one attached hydrogen (secondary N) is 1. The third kappa shape index (κ3) is 3.89. The number of aliphatic hydroxyl groups excluding tert-OH is 1. The molecule has 2 rings (SSSR count). The number of hydrogen-bond acceptors (Lipinski definition) is 4. The normalized spacial score (nSPS) is 10.6. The highest BCUT2D eigenvalue weighted by atomic mass is 32.1. The fourth-order valence-electron chi connectivity index (χ4n) is 1.70. The first-order valence-corrected chi connectivity index (χ1v) is 6.83. The average molecular weight is 276 g/mol. The van der Waals surface area contributed by atoms with Gasteiger partial charge in [-0.1, -0.05) is 24.3 Å². The second-order valence-corrected chi connectivity index (χ2v) is 5.24. The first-order chi connectivity index (χ1) is 9.19. The Balaban J connectivity index is 1.83. The molecule has 0 saturated carbocycles. The average Bonchev–Trinajstić information content (AvgIpc) is 2.89. The van der Waals surface area contributed by atoms with Gasteiger partial charge in [-0.15, -0.1) is 11.3 Å². The van der Waals surface area contributed by atoms with Gasteiger partial charge in [0.25, 0.3) is 0 Å². The van der Waals surface area contributed by atoms with Crippen LogP contribution >= 0.6 is 11.3 Å². The summed E-state index contributed by atoms with van der Waals surface area (Å²) in [6.07, 6.45) is 0. The van der Waals surface area contributed by atoms with Crippen molar-refractivity contribution in [3.8, 4) is 0 Å². The van der Waals surface area contributed by atoms with Gasteiger partial charge in [0, 0.05) is 23.3 Å². The van der Waals surface area contributed by atoms with Gasteiger partial charge in [-0.3, -0.25) is 4.79 Å². The lowest BCUT2D eigenvalue weighted by Gasteiger charge is -2.04. The fraction of sp³-hybridized carbons (Fsp3) is 0.214. The van der Waals surface area contributed by atoms with Gasteiger partial charge in [-0.05, 0) is 17.2 Å². The summed E-state index contributed by atoms with van der Waals surface area (Å²) in [6, 6.07) is 9.61. The highest BCUT2D eigenvalue weighted by Crippen LogP contribution is 2.14. The number of hydrogen-bond donors (Lipinski definition) is 3. The highest BCUT2D eigenvalue weighted by molar-refractivity contribution is 7.10. The minimum Gasteiger partial charge on any atom is -0.392 e. The Kier molecular flexibility index (Phi) is 4.68. The van der Waals surface area contributed by atoms with Crippen LogP contribution in [0.5, 0.6) is 0 Å². The number of primary amides is 1. The van der Waals surface area contributed by atoms with Crippen LogP contribution in [-0.4, -0.2) is 11.0 Å². The molecule has 0 unspecified atom stereocenters. The van der Waals surface area contributed by atoms with E-state index < -0.39 is 0 Å². The number of rotatable bonds is 6. The predicted octanol–water partition coefficient (Wildman–Crippen LogP) is 1.63. The van der Waals surface area contributed by atoms with E-state index in [9.17, 15) is 4.79 Å². The van der Waals surface area contributed by atoms with E-state index >= 15 is 0 Å². The van der Waals surface area contributed by atoms with Crippen molar-refractivity contribution >= 4 is 17.2 Å². The van der Waals surface area contributed by atoms with Gasteiger partial charge in [-0.2, -0.15) is 0 Å². The second-order valence-electron chi connectivity index (χ2n) is 4.24. The Hall–Kier alpha value is -1.69. The monoisotopic (exact) mass is 276 g/mol. The lowest BCUT2D eigenvalue weighted by molar-refractivity contribution is 0.100. The molecule has 0 aliphatic heterocycles. The Bertz CT molecular complexity index is 549. The molecule has 0 atom stereocenters. The van der Waals surface area contributed by atoms with Crippen LogP contribution in [0, 0.1) is 0 Å². The van der Waals surface area contributed by atoms with Crippen LogP contribution in [0.15, 0.2) is 35.7 Å². The summed E-state index contributed by atoms with van der Waals surface area (Å²) in [6.45, 7) is 1.52. The Morgan fingerprint density at radius 3 is 2.47 bits per heavy atom. The number of aliphatic hydroxyl groups is 1. The predicted molar refractivity (Wildman–Crippen MR) is 75.7 cm³/mol. The van der Waals surface area contributed by atoms with Crippen molar-refractivity contribution in [3.05, 3.63) is 57.3 Å². The molecule has 0 fully saturated rings. The maximum Gasteiger partial charge on any atom is 0.249 e. The molecule has 0 bridgehead atoms. The minimum absolute atomic E-state index is 0.0683. The van der Waals surface area contributed by atoms with E-state index in [1.54, 1.807) is 5.38 Å². The third-order valence-corrected chi connectivity index (χ3v) is 3.71. The van der Waals surface area contributed by atoms with Crippen LogP contribution in [0.3, 0.4) is 0 Å². The quantitative estimate of drug-likeness (QED) is 0.750. The van der Waals surface area contributed by atoms with Gasteiger partial charge < -0.3 is 16.2 Å². The lowest BCUT2D eigenvalue weighted by atomic mass is 10.1. The van der Waals surface area contributed by atoms with Crippen LogP contribution < -0.4 is 11.1 Å². The molecular weight excluding hydrogens is 260 g/mol. The molecule has 4 nitrogen and oxygen atoms in total. The number of thiophene rings is 1. The maximum atomic E-state index is 11.0. The molecule has 2 aromatic rings. The zero-order valence-electron chi connectivity index (χ0n) is 10.4. The van der Waals surface area contributed by atoms with E-state index in [2.05, 4.69) is 5.32 Å². The number of benzene rings is 1. The Morgan fingerprint density at radius 1 is 1.21 bits per heavy atom. The summed E-state index contributed by atoms with van der Waals surface area (Å²) >= 11 is 1.52. The third-order valence-electron chi connectivity index (χ3n) is 2.77. The topological polar surface area (TPSA) is 75.4 Å². The first kappa shape index (κ1) is 13.7. The molecule has 0 aliphatic rings. The van der Waals surface area contributed by atoms with Crippen LogP contribution in [0.2, 0.25) is 0 Å². The lowest BCUT2D eigenvalue weighted by Crippen LogP contribution is -2.12.